The molecule has 27 heavy (non-hydrogen) atoms. The summed E-state index contributed by atoms with van der Waals surface area (Å²) < 4.78 is 44.0. The lowest BCUT2D eigenvalue weighted by Gasteiger charge is -2.10. The molecule has 0 fully saturated rings. The van der Waals surface area contributed by atoms with Gasteiger partial charge in [0.2, 0.25) is 5.28 Å². The smallest absolute Gasteiger partial charge is 0.416 e. The number of carbonyl (C=O) groups excluding carboxylic acids is 1. The van der Waals surface area contributed by atoms with E-state index in [1.165, 1.54) is 37.7 Å². The van der Waals surface area contributed by atoms with E-state index in [1.807, 2.05) is 0 Å². The molecule has 0 amide bonds. The van der Waals surface area contributed by atoms with E-state index in [4.69, 9.17) is 16.3 Å². The van der Waals surface area contributed by atoms with Crippen molar-refractivity contribution in [3.63, 3.8) is 0 Å². The van der Waals surface area contributed by atoms with Gasteiger partial charge in [-0.1, -0.05) is 18.1 Å². The third-order valence-electron chi connectivity index (χ3n) is 3.41. The average molecular weight is 401 g/mol. The van der Waals surface area contributed by atoms with Crippen molar-refractivity contribution in [2.45, 2.75) is 32.2 Å². The Morgan fingerprint density at radius 1 is 1.30 bits per heavy atom. The molecular formula is C18H16ClF3N2O3. The third kappa shape index (κ3) is 5.25. The van der Waals surface area contributed by atoms with Crippen LogP contribution >= 0.6 is 11.6 Å². The van der Waals surface area contributed by atoms with E-state index >= 15 is 0 Å². The first-order valence-corrected chi connectivity index (χ1v) is 8.06. The summed E-state index contributed by atoms with van der Waals surface area (Å²) in [5, 5.41) is 9.63. The summed E-state index contributed by atoms with van der Waals surface area (Å²) in [4.78, 5) is 16.1. The normalized spacial score (nSPS) is 11.7. The molecule has 2 aromatic rings. The zero-order chi connectivity index (χ0) is 20.4. The molecule has 0 aliphatic carbocycles. The summed E-state index contributed by atoms with van der Waals surface area (Å²) in [7, 11) is 1.17. The lowest BCUT2D eigenvalue weighted by atomic mass is 10.1. The van der Waals surface area contributed by atoms with Crippen molar-refractivity contribution < 1.29 is 27.8 Å². The molecule has 2 rings (SSSR count). The van der Waals surface area contributed by atoms with Gasteiger partial charge in [-0.05, 0) is 49.1 Å². The standard InChI is InChI=1S/C18H16ClF3N2O3/c1-17(2,26)9-8-13-14(15(25)27-3)24(16(19)23-13)10-11-4-6-12(7-5-11)18(20,21)22/h4-7,26H,10H2,1-3H3. The quantitative estimate of drug-likeness (QED) is 0.632. The maximum absolute atomic E-state index is 12.7. The number of aliphatic hydroxyl groups is 1. The fourth-order valence-corrected chi connectivity index (χ4v) is 2.38. The molecule has 0 saturated carbocycles. The highest BCUT2D eigenvalue weighted by Gasteiger charge is 2.30. The van der Waals surface area contributed by atoms with E-state index in [9.17, 15) is 23.1 Å². The Morgan fingerprint density at radius 3 is 2.37 bits per heavy atom. The second-order valence-corrected chi connectivity index (χ2v) is 6.50. The minimum absolute atomic E-state index is 0.000821. The summed E-state index contributed by atoms with van der Waals surface area (Å²) in [5.74, 6) is 4.34. The number of rotatable bonds is 3. The topological polar surface area (TPSA) is 64.3 Å². The van der Waals surface area contributed by atoms with Crippen LogP contribution < -0.4 is 0 Å². The van der Waals surface area contributed by atoms with Crippen LogP contribution in [0.4, 0.5) is 13.2 Å². The van der Waals surface area contributed by atoms with Crippen LogP contribution in [0.3, 0.4) is 0 Å². The van der Waals surface area contributed by atoms with E-state index in [1.54, 1.807) is 0 Å². The summed E-state index contributed by atoms with van der Waals surface area (Å²) in [6, 6.07) is 4.44. The lowest BCUT2D eigenvalue weighted by Crippen LogP contribution is -2.15. The van der Waals surface area contributed by atoms with Crippen LogP contribution in [0.2, 0.25) is 5.28 Å². The molecule has 144 valence electrons. The number of ether oxygens (including phenoxy) is 1. The summed E-state index contributed by atoms with van der Waals surface area (Å²) >= 11 is 6.09. The van der Waals surface area contributed by atoms with Crippen molar-refractivity contribution in [1.82, 2.24) is 9.55 Å². The molecular weight excluding hydrogens is 385 g/mol. The maximum atomic E-state index is 12.7. The Morgan fingerprint density at radius 2 is 1.89 bits per heavy atom. The number of methoxy groups -OCH3 is 1. The van der Waals surface area contributed by atoms with E-state index in [0.717, 1.165) is 12.1 Å². The van der Waals surface area contributed by atoms with Crippen LogP contribution in [-0.2, 0) is 17.5 Å². The van der Waals surface area contributed by atoms with Gasteiger partial charge in [0.25, 0.3) is 0 Å². The monoisotopic (exact) mass is 400 g/mol. The van der Waals surface area contributed by atoms with Crippen LogP contribution in [0, 0.1) is 11.8 Å². The number of benzene rings is 1. The van der Waals surface area contributed by atoms with Gasteiger partial charge in [-0.25, -0.2) is 9.78 Å². The van der Waals surface area contributed by atoms with Gasteiger partial charge < -0.3 is 14.4 Å². The van der Waals surface area contributed by atoms with Gasteiger partial charge in [0.1, 0.15) is 11.3 Å². The van der Waals surface area contributed by atoms with E-state index in [2.05, 4.69) is 16.8 Å². The SMILES string of the molecule is COC(=O)c1c(C#CC(C)(C)O)nc(Cl)n1Cc1ccc(C(F)(F)F)cc1. The zero-order valence-corrected chi connectivity index (χ0v) is 15.4. The number of hydrogen-bond acceptors (Lipinski definition) is 4. The molecule has 0 aliphatic rings. The van der Waals surface area contributed by atoms with Crippen LogP contribution in [0.25, 0.3) is 0 Å². The molecule has 0 spiro atoms. The van der Waals surface area contributed by atoms with E-state index < -0.39 is 23.3 Å². The van der Waals surface area contributed by atoms with E-state index in [0.29, 0.717) is 5.56 Å². The van der Waals surface area contributed by atoms with Crippen LogP contribution in [0.5, 0.6) is 0 Å². The molecule has 5 nitrogen and oxygen atoms in total. The summed E-state index contributed by atoms with van der Waals surface area (Å²) in [6.45, 7) is 2.90. The van der Waals surface area contributed by atoms with Gasteiger partial charge in [0, 0.05) is 0 Å². The predicted octanol–water partition coefficient (Wildman–Crippen LogP) is 3.51. The molecule has 9 heteroatoms. The van der Waals surface area contributed by atoms with Gasteiger partial charge in [0.15, 0.2) is 5.69 Å². The molecule has 1 aromatic heterocycles. The zero-order valence-electron chi connectivity index (χ0n) is 14.7. The first-order chi connectivity index (χ1) is 12.4. The van der Waals surface area contributed by atoms with Crippen molar-refractivity contribution in [2.75, 3.05) is 7.11 Å². The Bertz CT molecular complexity index is 901. The van der Waals surface area contributed by atoms with Crippen molar-refractivity contribution in [2.24, 2.45) is 0 Å². The summed E-state index contributed by atoms with van der Waals surface area (Å²) in [5.41, 5.74) is -1.70. The second kappa shape index (κ2) is 7.62. The highest BCUT2D eigenvalue weighted by Crippen LogP contribution is 2.29. The van der Waals surface area contributed by atoms with Gasteiger partial charge in [-0.3, -0.25) is 0 Å². The number of alkyl halides is 3. The Kier molecular flexibility index (Phi) is 5.88. The number of carbonyl (C=O) groups is 1. The fourth-order valence-electron chi connectivity index (χ4n) is 2.15. The number of imidazole rings is 1. The minimum Gasteiger partial charge on any atom is -0.464 e. The fraction of sp³-hybridized carbons (Fsp3) is 0.333. The molecule has 0 unspecified atom stereocenters. The molecule has 0 aliphatic heterocycles. The van der Waals surface area contributed by atoms with Crippen molar-refractivity contribution in [3.05, 3.63) is 52.1 Å². The Hall–Kier alpha value is -2.50. The summed E-state index contributed by atoms with van der Waals surface area (Å²) in [6.07, 6.45) is -4.44. The van der Waals surface area contributed by atoms with Gasteiger partial charge in [-0.2, -0.15) is 13.2 Å². The number of esters is 1. The molecule has 0 bridgehead atoms. The highest BCUT2D eigenvalue weighted by atomic mass is 35.5. The maximum Gasteiger partial charge on any atom is 0.416 e. The predicted molar refractivity (Wildman–Crippen MR) is 92.3 cm³/mol. The number of aromatic nitrogens is 2. The minimum atomic E-state index is -4.44. The molecule has 1 heterocycles. The second-order valence-electron chi connectivity index (χ2n) is 6.16. The van der Waals surface area contributed by atoms with Gasteiger partial charge in [-0.15, -0.1) is 0 Å². The van der Waals surface area contributed by atoms with Crippen molar-refractivity contribution >= 4 is 17.6 Å². The average Bonchev–Trinajstić information content (AvgIpc) is 2.87. The molecule has 1 N–H and O–H groups in total. The van der Waals surface area contributed by atoms with Crippen LogP contribution in [0.15, 0.2) is 24.3 Å². The van der Waals surface area contributed by atoms with Gasteiger partial charge >= 0.3 is 12.1 Å². The highest BCUT2D eigenvalue weighted by molar-refractivity contribution is 6.28. The first kappa shape index (κ1) is 20.8. The largest absolute Gasteiger partial charge is 0.464 e. The van der Waals surface area contributed by atoms with Gasteiger partial charge in [0.05, 0.1) is 19.2 Å². The van der Waals surface area contributed by atoms with Crippen molar-refractivity contribution in [1.29, 1.82) is 0 Å². The van der Waals surface area contributed by atoms with Crippen LogP contribution in [0.1, 0.15) is 41.2 Å². The number of hydrogen-bond donors (Lipinski definition) is 1. The first-order valence-electron chi connectivity index (χ1n) is 7.68. The molecule has 1 aromatic carbocycles. The Labute approximate surface area is 158 Å². The molecule has 0 atom stereocenters. The molecule has 0 radical (unpaired) electrons. The van der Waals surface area contributed by atoms with E-state index in [-0.39, 0.29) is 23.2 Å². The van der Waals surface area contributed by atoms with Crippen LogP contribution in [-0.4, -0.2) is 33.3 Å². The number of nitrogens with zero attached hydrogens (tertiary/aromatic N) is 2. The lowest BCUT2D eigenvalue weighted by molar-refractivity contribution is -0.137. The van der Waals surface area contributed by atoms with Crippen molar-refractivity contribution in [3.8, 4) is 11.8 Å². The molecule has 0 saturated heterocycles. The Balaban J connectivity index is 2.45. The number of halogens is 4. The third-order valence-corrected chi connectivity index (χ3v) is 3.70.